The fourth-order valence-corrected chi connectivity index (χ4v) is 2.31. The average Bonchev–Trinajstić information content (AvgIpc) is 2.40. The van der Waals surface area contributed by atoms with Gasteiger partial charge < -0.3 is 10.6 Å². The van der Waals surface area contributed by atoms with Gasteiger partial charge >= 0.3 is 0 Å². The third kappa shape index (κ3) is 3.81. The summed E-state index contributed by atoms with van der Waals surface area (Å²) in [6.45, 7) is 4.18. The molecule has 4 heteroatoms. The molecule has 4 nitrogen and oxygen atoms in total. The van der Waals surface area contributed by atoms with Crippen LogP contribution in [-0.2, 0) is 11.2 Å². The number of hydrogen-bond donors (Lipinski definition) is 2. The zero-order chi connectivity index (χ0) is 12.8. The van der Waals surface area contributed by atoms with Gasteiger partial charge in [0.15, 0.2) is 0 Å². The standard InChI is InChI=1S/C14H21N3O/c1-11-10-16-9-6-13(11)17-14(18)3-2-12-4-7-15-8-5-12/h4-5,7-8,11,13,16H,2-3,6,9-10H2,1H3,(H,17,18). The van der Waals surface area contributed by atoms with Crippen LogP contribution in [0.25, 0.3) is 0 Å². The summed E-state index contributed by atoms with van der Waals surface area (Å²) in [5.41, 5.74) is 1.17. The van der Waals surface area contributed by atoms with Gasteiger partial charge in [-0.1, -0.05) is 6.92 Å². The van der Waals surface area contributed by atoms with Crippen LogP contribution in [0, 0.1) is 5.92 Å². The smallest absolute Gasteiger partial charge is 0.220 e. The summed E-state index contributed by atoms with van der Waals surface area (Å²) < 4.78 is 0. The lowest BCUT2D eigenvalue weighted by Gasteiger charge is -2.30. The number of nitrogens with one attached hydrogen (secondary N) is 2. The van der Waals surface area contributed by atoms with Crippen LogP contribution in [0.1, 0.15) is 25.3 Å². The van der Waals surface area contributed by atoms with Crippen molar-refractivity contribution in [2.75, 3.05) is 13.1 Å². The third-order valence-electron chi connectivity index (χ3n) is 3.52. The molecule has 1 aromatic rings. The fraction of sp³-hybridized carbons (Fsp3) is 0.571. The molecule has 98 valence electrons. The molecular formula is C14H21N3O. The highest BCUT2D eigenvalue weighted by atomic mass is 16.1. The van der Waals surface area contributed by atoms with Gasteiger partial charge in [-0.05, 0) is 49.5 Å². The molecule has 1 fully saturated rings. The summed E-state index contributed by atoms with van der Waals surface area (Å²) in [6, 6.07) is 4.25. The lowest BCUT2D eigenvalue weighted by molar-refractivity contribution is -0.122. The van der Waals surface area contributed by atoms with Gasteiger partial charge in [-0.2, -0.15) is 0 Å². The number of piperidine rings is 1. The van der Waals surface area contributed by atoms with E-state index in [2.05, 4.69) is 22.5 Å². The van der Waals surface area contributed by atoms with E-state index in [1.54, 1.807) is 12.4 Å². The molecule has 2 rings (SSSR count). The second-order valence-corrected chi connectivity index (χ2v) is 5.00. The summed E-state index contributed by atoms with van der Waals surface area (Å²) in [4.78, 5) is 15.9. The predicted octanol–water partition coefficient (Wildman–Crippen LogP) is 1.13. The normalized spacial score (nSPS) is 23.6. The molecule has 2 unspecified atom stereocenters. The molecule has 0 saturated carbocycles. The molecule has 18 heavy (non-hydrogen) atoms. The van der Waals surface area contributed by atoms with Gasteiger partial charge in [-0.15, -0.1) is 0 Å². The minimum absolute atomic E-state index is 0.158. The van der Waals surface area contributed by atoms with Crippen molar-refractivity contribution in [2.45, 2.75) is 32.2 Å². The van der Waals surface area contributed by atoms with Crippen LogP contribution in [0.2, 0.25) is 0 Å². The molecule has 0 bridgehead atoms. The zero-order valence-corrected chi connectivity index (χ0v) is 10.9. The third-order valence-corrected chi connectivity index (χ3v) is 3.52. The number of aromatic nitrogens is 1. The van der Waals surface area contributed by atoms with Gasteiger partial charge in [0, 0.05) is 24.9 Å². The predicted molar refractivity (Wildman–Crippen MR) is 71.1 cm³/mol. The van der Waals surface area contributed by atoms with Crippen molar-refractivity contribution in [1.82, 2.24) is 15.6 Å². The van der Waals surface area contributed by atoms with Crippen molar-refractivity contribution in [2.24, 2.45) is 5.92 Å². The maximum Gasteiger partial charge on any atom is 0.220 e. The molecule has 1 aliphatic heterocycles. The number of amides is 1. The Labute approximate surface area is 108 Å². The maximum atomic E-state index is 11.9. The Morgan fingerprint density at radius 3 is 3.00 bits per heavy atom. The number of carbonyl (C=O) groups excluding carboxylic acids is 1. The first-order valence-electron chi connectivity index (χ1n) is 6.64. The van der Waals surface area contributed by atoms with Crippen molar-refractivity contribution in [3.8, 4) is 0 Å². The molecule has 2 N–H and O–H groups in total. The minimum Gasteiger partial charge on any atom is -0.353 e. The molecule has 0 radical (unpaired) electrons. The van der Waals surface area contributed by atoms with E-state index in [9.17, 15) is 4.79 Å². The van der Waals surface area contributed by atoms with Crippen LogP contribution >= 0.6 is 0 Å². The number of carbonyl (C=O) groups is 1. The van der Waals surface area contributed by atoms with Crippen LogP contribution in [-0.4, -0.2) is 30.0 Å². The lowest BCUT2D eigenvalue weighted by atomic mass is 9.95. The minimum atomic E-state index is 0.158. The number of rotatable bonds is 4. The molecule has 1 aliphatic rings. The van der Waals surface area contributed by atoms with Gasteiger partial charge in [0.2, 0.25) is 5.91 Å². The Bertz CT molecular complexity index is 380. The monoisotopic (exact) mass is 247 g/mol. The van der Waals surface area contributed by atoms with Gasteiger partial charge in [0.1, 0.15) is 0 Å². The summed E-state index contributed by atoms with van der Waals surface area (Å²) in [6.07, 6.45) is 5.90. The topological polar surface area (TPSA) is 54.0 Å². The first-order chi connectivity index (χ1) is 8.75. The zero-order valence-electron chi connectivity index (χ0n) is 10.9. The Balaban J connectivity index is 1.75. The molecule has 1 amide bonds. The van der Waals surface area contributed by atoms with Crippen molar-refractivity contribution >= 4 is 5.91 Å². The van der Waals surface area contributed by atoms with E-state index in [0.717, 1.165) is 25.9 Å². The van der Waals surface area contributed by atoms with E-state index >= 15 is 0 Å². The van der Waals surface area contributed by atoms with Crippen molar-refractivity contribution in [1.29, 1.82) is 0 Å². The molecule has 0 spiro atoms. The Morgan fingerprint density at radius 1 is 1.50 bits per heavy atom. The summed E-state index contributed by atoms with van der Waals surface area (Å²) >= 11 is 0. The van der Waals surface area contributed by atoms with E-state index in [1.165, 1.54) is 5.56 Å². The SMILES string of the molecule is CC1CNCCC1NC(=O)CCc1ccncc1. The van der Waals surface area contributed by atoms with Crippen LogP contribution < -0.4 is 10.6 Å². The molecule has 0 aliphatic carbocycles. The molecular weight excluding hydrogens is 226 g/mol. The molecule has 1 aromatic heterocycles. The molecule has 2 heterocycles. The first-order valence-corrected chi connectivity index (χ1v) is 6.64. The van der Waals surface area contributed by atoms with Crippen molar-refractivity contribution in [3.05, 3.63) is 30.1 Å². The fourth-order valence-electron chi connectivity index (χ4n) is 2.31. The van der Waals surface area contributed by atoms with Crippen LogP contribution in [0.4, 0.5) is 0 Å². The van der Waals surface area contributed by atoms with Gasteiger partial charge in [0.05, 0.1) is 0 Å². The average molecular weight is 247 g/mol. The quantitative estimate of drug-likeness (QED) is 0.838. The summed E-state index contributed by atoms with van der Waals surface area (Å²) in [5, 5.41) is 6.48. The van der Waals surface area contributed by atoms with Crippen LogP contribution in [0.15, 0.2) is 24.5 Å². The lowest BCUT2D eigenvalue weighted by Crippen LogP contribution is -2.48. The van der Waals surface area contributed by atoms with E-state index in [1.807, 2.05) is 12.1 Å². The second-order valence-electron chi connectivity index (χ2n) is 5.00. The molecule has 1 saturated heterocycles. The van der Waals surface area contributed by atoms with Crippen LogP contribution in [0.3, 0.4) is 0 Å². The number of nitrogens with zero attached hydrogens (tertiary/aromatic N) is 1. The summed E-state index contributed by atoms with van der Waals surface area (Å²) in [5.74, 6) is 0.675. The molecule has 0 aromatic carbocycles. The highest BCUT2D eigenvalue weighted by Crippen LogP contribution is 2.10. The highest BCUT2D eigenvalue weighted by molar-refractivity contribution is 5.76. The Morgan fingerprint density at radius 2 is 2.28 bits per heavy atom. The first kappa shape index (κ1) is 13.0. The van der Waals surface area contributed by atoms with Gasteiger partial charge in [-0.3, -0.25) is 9.78 Å². The largest absolute Gasteiger partial charge is 0.353 e. The number of aryl methyl sites for hydroxylation is 1. The van der Waals surface area contributed by atoms with Gasteiger partial charge in [0.25, 0.3) is 0 Å². The van der Waals surface area contributed by atoms with E-state index < -0.39 is 0 Å². The Kier molecular flexibility index (Phi) is 4.70. The summed E-state index contributed by atoms with van der Waals surface area (Å²) in [7, 11) is 0. The second kappa shape index (κ2) is 6.50. The van der Waals surface area contributed by atoms with E-state index in [4.69, 9.17) is 0 Å². The van der Waals surface area contributed by atoms with E-state index in [-0.39, 0.29) is 5.91 Å². The van der Waals surface area contributed by atoms with E-state index in [0.29, 0.717) is 18.4 Å². The maximum absolute atomic E-state index is 11.9. The van der Waals surface area contributed by atoms with Crippen molar-refractivity contribution < 1.29 is 4.79 Å². The van der Waals surface area contributed by atoms with Gasteiger partial charge in [-0.25, -0.2) is 0 Å². The number of hydrogen-bond acceptors (Lipinski definition) is 3. The number of pyridine rings is 1. The Hall–Kier alpha value is -1.42. The van der Waals surface area contributed by atoms with Crippen LogP contribution in [0.5, 0.6) is 0 Å². The molecule has 2 atom stereocenters. The van der Waals surface area contributed by atoms with Crippen molar-refractivity contribution in [3.63, 3.8) is 0 Å². The highest BCUT2D eigenvalue weighted by Gasteiger charge is 2.22.